The molecule has 2 aromatic carbocycles. The zero-order valence-electron chi connectivity index (χ0n) is 16.5. The Morgan fingerprint density at radius 1 is 1.03 bits per heavy atom. The summed E-state index contributed by atoms with van der Waals surface area (Å²) in [5, 5.41) is 3.29. The fourth-order valence-corrected chi connectivity index (χ4v) is 5.77. The van der Waals surface area contributed by atoms with E-state index in [9.17, 15) is 14.4 Å². The number of allylic oxidation sites excluding steroid dienone is 2. The molecule has 5 unspecified atom stereocenters. The molecule has 0 aromatic heterocycles. The van der Waals surface area contributed by atoms with E-state index in [1.807, 2.05) is 12.1 Å². The lowest BCUT2D eigenvalue weighted by Gasteiger charge is -2.28. The highest BCUT2D eigenvalue weighted by Gasteiger charge is 2.60. The van der Waals surface area contributed by atoms with E-state index < -0.39 is 6.04 Å². The molecular formula is C24H20BrClN2O3. The molecule has 158 valence electrons. The number of imide groups is 1. The average molecular weight is 500 g/mol. The van der Waals surface area contributed by atoms with Crippen LogP contribution in [-0.4, -0.2) is 22.6 Å². The molecule has 2 bridgehead atoms. The second-order valence-corrected chi connectivity index (χ2v) is 9.67. The minimum atomic E-state index is -0.742. The fraction of sp³-hybridized carbons (Fsp3) is 0.292. The maximum absolute atomic E-state index is 13.4. The summed E-state index contributed by atoms with van der Waals surface area (Å²) in [6.07, 6.45) is 4.93. The third kappa shape index (κ3) is 3.52. The van der Waals surface area contributed by atoms with Crippen LogP contribution in [-0.2, 0) is 14.4 Å². The van der Waals surface area contributed by atoms with Gasteiger partial charge in [-0.1, -0.05) is 57.9 Å². The van der Waals surface area contributed by atoms with Crippen LogP contribution in [0.2, 0.25) is 5.02 Å². The van der Waals surface area contributed by atoms with Gasteiger partial charge in [-0.15, -0.1) is 0 Å². The molecule has 3 amide bonds. The van der Waals surface area contributed by atoms with Gasteiger partial charge in [0.25, 0.3) is 0 Å². The number of anilines is 1. The molecule has 2 aliphatic carbocycles. The highest BCUT2D eigenvalue weighted by molar-refractivity contribution is 9.10. The minimum absolute atomic E-state index is 0.0561. The lowest BCUT2D eigenvalue weighted by Crippen LogP contribution is -2.38. The molecule has 1 saturated carbocycles. The summed E-state index contributed by atoms with van der Waals surface area (Å²) in [4.78, 5) is 41.0. The molecule has 5 nitrogen and oxygen atoms in total. The predicted octanol–water partition coefficient (Wildman–Crippen LogP) is 4.98. The zero-order valence-corrected chi connectivity index (χ0v) is 18.8. The number of fused-ring (bicyclic) bond motifs is 5. The van der Waals surface area contributed by atoms with E-state index in [-0.39, 0.29) is 47.8 Å². The topological polar surface area (TPSA) is 66.5 Å². The predicted molar refractivity (Wildman–Crippen MR) is 121 cm³/mol. The Balaban J connectivity index is 1.45. The molecule has 31 heavy (non-hydrogen) atoms. The van der Waals surface area contributed by atoms with Crippen molar-refractivity contribution in [3.63, 3.8) is 0 Å². The van der Waals surface area contributed by atoms with Gasteiger partial charge in [-0.05, 0) is 54.2 Å². The van der Waals surface area contributed by atoms with Crippen LogP contribution in [0.15, 0.2) is 65.2 Å². The number of hydrogen-bond donors (Lipinski definition) is 1. The van der Waals surface area contributed by atoms with E-state index in [0.717, 1.165) is 10.9 Å². The molecule has 0 radical (unpaired) electrons. The van der Waals surface area contributed by atoms with Gasteiger partial charge < -0.3 is 5.32 Å². The number of likely N-dealkylation sites (tertiary alicyclic amines) is 1. The zero-order chi connectivity index (χ0) is 21.7. The quantitative estimate of drug-likeness (QED) is 0.466. The molecular weight excluding hydrogens is 480 g/mol. The molecule has 2 aromatic rings. The normalized spacial score (nSPS) is 27.0. The highest BCUT2D eigenvalue weighted by atomic mass is 79.9. The van der Waals surface area contributed by atoms with Crippen molar-refractivity contribution in [2.75, 3.05) is 5.32 Å². The van der Waals surface area contributed by atoms with E-state index in [0.29, 0.717) is 16.3 Å². The van der Waals surface area contributed by atoms with Crippen molar-refractivity contribution in [2.24, 2.45) is 23.7 Å². The van der Waals surface area contributed by atoms with Gasteiger partial charge in [-0.25, -0.2) is 0 Å². The lowest BCUT2D eigenvalue weighted by atomic mass is 9.85. The second-order valence-electron chi connectivity index (χ2n) is 8.34. The molecule has 1 heterocycles. The third-order valence-corrected chi connectivity index (χ3v) is 7.46. The van der Waals surface area contributed by atoms with Crippen LogP contribution in [0, 0.1) is 23.7 Å². The Bertz CT molecular complexity index is 1070. The summed E-state index contributed by atoms with van der Waals surface area (Å²) in [5.41, 5.74) is 1.25. The second kappa shape index (κ2) is 7.92. The van der Waals surface area contributed by atoms with Gasteiger partial charge in [0.1, 0.15) is 0 Å². The third-order valence-electron chi connectivity index (χ3n) is 6.59. The van der Waals surface area contributed by atoms with Gasteiger partial charge in [0.05, 0.1) is 24.3 Å². The maximum Gasteiger partial charge on any atom is 0.234 e. The summed E-state index contributed by atoms with van der Waals surface area (Å²) in [7, 11) is 0. The Morgan fingerprint density at radius 2 is 1.65 bits per heavy atom. The number of carbonyl (C=O) groups is 3. The number of nitrogens with zero attached hydrogens (tertiary/aromatic N) is 1. The first-order chi connectivity index (χ1) is 14.9. The first-order valence-electron chi connectivity index (χ1n) is 10.3. The lowest BCUT2D eigenvalue weighted by molar-refractivity contribution is -0.144. The van der Waals surface area contributed by atoms with Crippen molar-refractivity contribution >= 4 is 50.9 Å². The Morgan fingerprint density at radius 3 is 2.26 bits per heavy atom. The van der Waals surface area contributed by atoms with Gasteiger partial charge >= 0.3 is 0 Å². The largest absolute Gasteiger partial charge is 0.326 e. The van der Waals surface area contributed by atoms with E-state index in [4.69, 9.17) is 11.6 Å². The van der Waals surface area contributed by atoms with E-state index >= 15 is 0 Å². The molecule has 1 N–H and O–H groups in total. The molecule has 1 saturated heterocycles. The Labute approximate surface area is 193 Å². The number of amides is 3. The van der Waals surface area contributed by atoms with Crippen LogP contribution in [0.4, 0.5) is 5.69 Å². The van der Waals surface area contributed by atoms with Gasteiger partial charge in [0.15, 0.2) is 0 Å². The molecule has 1 aliphatic heterocycles. The number of nitrogens with one attached hydrogen (secondary N) is 1. The summed E-state index contributed by atoms with van der Waals surface area (Å²) >= 11 is 9.82. The van der Waals surface area contributed by atoms with Crippen molar-refractivity contribution in [3.05, 3.63) is 75.7 Å². The monoisotopic (exact) mass is 498 g/mol. The van der Waals surface area contributed by atoms with Crippen LogP contribution in [0.3, 0.4) is 0 Å². The first kappa shape index (κ1) is 20.5. The summed E-state index contributed by atoms with van der Waals surface area (Å²) in [6, 6.07) is 13.6. The summed E-state index contributed by atoms with van der Waals surface area (Å²) in [6.45, 7) is 0. The molecule has 5 rings (SSSR count). The molecule has 2 fully saturated rings. The standard InChI is InChI=1S/C24H20BrClN2O3/c25-15-7-9-16(10-8-15)27-20(29)12-19(17-3-1-2-4-18(17)26)28-23(30)21-13-5-6-14(11-13)22(21)24(28)31/h1-10,13-14,19,21-22H,11-12H2,(H,27,29). The van der Waals surface area contributed by atoms with Crippen LogP contribution < -0.4 is 5.32 Å². The van der Waals surface area contributed by atoms with E-state index in [2.05, 4.69) is 33.4 Å². The minimum Gasteiger partial charge on any atom is -0.326 e. The van der Waals surface area contributed by atoms with Crippen LogP contribution >= 0.6 is 27.5 Å². The van der Waals surface area contributed by atoms with Crippen LogP contribution in [0.25, 0.3) is 0 Å². The van der Waals surface area contributed by atoms with Gasteiger partial charge in [0.2, 0.25) is 17.7 Å². The van der Waals surface area contributed by atoms with Gasteiger partial charge in [0, 0.05) is 15.2 Å². The molecule has 7 heteroatoms. The van der Waals surface area contributed by atoms with Crippen LogP contribution in [0.1, 0.15) is 24.4 Å². The molecule has 3 aliphatic rings. The summed E-state index contributed by atoms with van der Waals surface area (Å²) < 4.78 is 0.905. The Hall–Kier alpha value is -2.44. The van der Waals surface area contributed by atoms with Gasteiger partial charge in [-0.3, -0.25) is 19.3 Å². The highest BCUT2D eigenvalue weighted by Crippen LogP contribution is 2.54. The first-order valence-corrected chi connectivity index (χ1v) is 11.5. The van der Waals surface area contributed by atoms with Crippen molar-refractivity contribution < 1.29 is 14.4 Å². The number of rotatable bonds is 5. The fourth-order valence-electron chi connectivity index (χ4n) is 5.24. The van der Waals surface area contributed by atoms with Crippen molar-refractivity contribution in [2.45, 2.75) is 18.9 Å². The number of benzene rings is 2. The Kier molecular flexibility index (Phi) is 5.22. The van der Waals surface area contributed by atoms with Crippen molar-refractivity contribution in [3.8, 4) is 0 Å². The number of halogens is 2. The van der Waals surface area contributed by atoms with E-state index in [1.165, 1.54) is 4.90 Å². The molecule has 5 atom stereocenters. The molecule has 0 spiro atoms. The van der Waals surface area contributed by atoms with Crippen LogP contribution in [0.5, 0.6) is 0 Å². The summed E-state index contributed by atoms with van der Waals surface area (Å²) in [5.74, 6) is -1.07. The smallest absolute Gasteiger partial charge is 0.234 e. The number of hydrogen-bond acceptors (Lipinski definition) is 3. The average Bonchev–Trinajstić information content (AvgIpc) is 3.43. The maximum atomic E-state index is 13.4. The van der Waals surface area contributed by atoms with E-state index in [1.54, 1.807) is 36.4 Å². The SMILES string of the molecule is O=C(CC(c1ccccc1Cl)N1C(=O)C2C3C=CC(C3)C2C1=O)Nc1ccc(Br)cc1. The number of carbonyl (C=O) groups excluding carboxylic acids is 3. The van der Waals surface area contributed by atoms with Gasteiger partial charge in [-0.2, -0.15) is 0 Å². The van der Waals surface area contributed by atoms with Crippen molar-refractivity contribution in [1.82, 2.24) is 4.90 Å². The van der Waals surface area contributed by atoms with Crippen molar-refractivity contribution in [1.29, 1.82) is 0 Å².